The molecule has 0 aromatic heterocycles. The predicted octanol–water partition coefficient (Wildman–Crippen LogP) is 3.53. The fraction of sp³-hybridized carbons (Fsp3) is 0.680. The number of likely N-dealkylation sites (tertiary alicyclic amines) is 1. The molecule has 0 bridgehead atoms. The Hall–Kier alpha value is -2.28. The maximum atomic E-state index is 13.6. The molecule has 2 heterocycles. The number of carbonyl (C=O) groups is 2. The fourth-order valence-electron chi connectivity index (χ4n) is 4.82. The van der Waals surface area contributed by atoms with E-state index in [0.717, 1.165) is 38.3 Å². The summed E-state index contributed by atoms with van der Waals surface area (Å²) in [7, 11) is 0. The summed E-state index contributed by atoms with van der Waals surface area (Å²) in [5, 5.41) is 0. The van der Waals surface area contributed by atoms with Gasteiger partial charge in [0.25, 0.3) is 0 Å². The van der Waals surface area contributed by atoms with Crippen LogP contribution < -0.4 is 4.74 Å². The van der Waals surface area contributed by atoms with Crippen molar-refractivity contribution in [1.82, 2.24) is 14.7 Å². The van der Waals surface area contributed by atoms with E-state index in [1.165, 1.54) is 19.3 Å². The van der Waals surface area contributed by atoms with Crippen molar-refractivity contribution in [1.29, 1.82) is 0 Å². The third-order valence-corrected chi connectivity index (χ3v) is 6.65. The quantitative estimate of drug-likeness (QED) is 0.712. The molecule has 7 heteroatoms. The zero-order valence-corrected chi connectivity index (χ0v) is 19.7. The molecule has 3 fully saturated rings. The summed E-state index contributed by atoms with van der Waals surface area (Å²) >= 11 is 0. The zero-order valence-electron chi connectivity index (χ0n) is 19.7. The van der Waals surface area contributed by atoms with Gasteiger partial charge in [0.15, 0.2) is 0 Å². The van der Waals surface area contributed by atoms with Crippen LogP contribution in [-0.2, 0) is 9.53 Å². The Kier molecular flexibility index (Phi) is 6.93. The molecular weight excluding hydrogens is 406 g/mol. The zero-order chi connectivity index (χ0) is 22.7. The molecule has 32 heavy (non-hydrogen) atoms. The summed E-state index contributed by atoms with van der Waals surface area (Å²) in [6, 6.07) is 9.72. The lowest BCUT2D eigenvalue weighted by Gasteiger charge is -2.37. The maximum absolute atomic E-state index is 13.6. The van der Waals surface area contributed by atoms with Gasteiger partial charge in [-0.3, -0.25) is 14.6 Å². The molecule has 2 aliphatic heterocycles. The number of rotatable bonds is 4. The van der Waals surface area contributed by atoms with E-state index in [9.17, 15) is 9.59 Å². The Morgan fingerprint density at radius 3 is 2.38 bits per heavy atom. The molecule has 2 amide bonds. The number of hydrogen-bond acceptors (Lipinski definition) is 5. The van der Waals surface area contributed by atoms with Crippen molar-refractivity contribution in [2.45, 2.75) is 76.7 Å². The molecule has 2 atom stereocenters. The monoisotopic (exact) mass is 443 g/mol. The molecule has 3 aliphatic rings. The fourth-order valence-corrected chi connectivity index (χ4v) is 4.82. The molecule has 0 unspecified atom stereocenters. The minimum atomic E-state index is -0.616. The van der Waals surface area contributed by atoms with E-state index in [0.29, 0.717) is 19.0 Å². The van der Waals surface area contributed by atoms with Crippen LogP contribution in [0.5, 0.6) is 5.75 Å². The highest BCUT2D eigenvalue weighted by Crippen LogP contribution is 2.28. The highest BCUT2D eigenvalue weighted by Gasteiger charge is 2.44. The van der Waals surface area contributed by atoms with Crippen molar-refractivity contribution < 1.29 is 19.1 Å². The number of ether oxygens (including phenoxy) is 2. The summed E-state index contributed by atoms with van der Waals surface area (Å²) in [5.74, 6) is 0.770. The SMILES string of the molecule is CC(C)(C)OC(=O)N1C[C@H](Oc2ccccc2)C[C@H]1C(=O)N1CCCN(C2CCC2)CC1. The summed E-state index contributed by atoms with van der Waals surface area (Å²) < 4.78 is 11.8. The van der Waals surface area contributed by atoms with E-state index in [1.54, 1.807) is 4.90 Å². The van der Waals surface area contributed by atoms with Gasteiger partial charge in [-0.1, -0.05) is 24.6 Å². The molecule has 1 aromatic rings. The Labute approximate surface area is 191 Å². The second-order valence-corrected chi connectivity index (χ2v) is 10.2. The van der Waals surface area contributed by atoms with Gasteiger partial charge in [0.1, 0.15) is 23.5 Å². The first-order chi connectivity index (χ1) is 15.3. The first-order valence-corrected chi connectivity index (χ1v) is 12.0. The molecular formula is C25H37N3O4. The second kappa shape index (κ2) is 9.69. The van der Waals surface area contributed by atoms with E-state index in [4.69, 9.17) is 9.47 Å². The van der Waals surface area contributed by atoms with Crippen molar-refractivity contribution in [2.24, 2.45) is 0 Å². The summed E-state index contributed by atoms with van der Waals surface area (Å²) in [5.41, 5.74) is -0.616. The Bertz CT molecular complexity index is 790. The Morgan fingerprint density at radius 1 is 0.969 bits per heavy atom. The van der Waals surface area contributed by atoms with Gasteiger partial charge in [-0.2, -0.15) is 0 Å². The van der Waals surface area contributed by atoms with Crippen molar-refractivity contribution in [3.05, 3.63) is 30.3 Å². The van der Waals surface area contributed by atoms with Crippen LogP contribution in [-0.4, -0.2) is 83.2 Å². The van der Waals surface area contributed by atoms with Gasteiger partial charge in [-0.15, -0.1) is 0 Å². The van der Waals surface area contributed by atoms with E-state index in [1.807, 2.05) is 56.0 Å². The van der Waals surface area contributed by atoms with Gasteiger partial charge in [0.2, 0.25) is 5.91 Å². The maximum Gasteiger partial charge on any atom is 0.411 e. The van der Waals surface area contributed by atoms with Crippen LogP contribution in [0.3, 0.4) is 0 Å². The summed E-state index contributed by atoms with van der Waals surface area (Å²) in [4.78, 5) is 32.6. The highest BCUT2D eigenvalue weighted by atomic mass is 16.6. The van der Waals surface area contributed by atoms with Crippen LogP contribution in [0.2, 0.25) is 0 Å². The normalized spacial score (nSPS) is 25.2. The number of nitrogens with zero attached hydrogens (tertiary/aromatic N) is 3. The van der Waals surface area contributed by atoms with Crippen LogP contribution in [0.1, 0.15) is 52.9 Å². The van der Waals surface area contributed by atoms with Crippen molar-refractivity contribution in [3.63, 3.8) is 0 Å². The number of carbonyl (C=O) groups excluding carboxylic acids is 2. The second-order valence-electron chi connectivity index (χ2n) is 10.2. The first-order valence-electron chi connectivity index (χ1n) is 12.0. The van der Waals surface area contributed by atoms with Crippen LogP contribution in [0, 0.1) is 0 Å². The Morgan fingerprint density at radius 2 is 1.72 bits per heavy atom. The summed E-state index contributed by atoms with van der Waals surface area (Å²) in [6.07, 6.45) is 4.65. The molecule has 0 spiro atoms. The Balaban J connectivity index is 1.44. The van der Waals surface area contributed by atoms with Crippen LogP contribution >= 0.6 is 0 Å². The van der Waals surface area contributed by atoms with Gasteiger partial charge < -0.3 is 14.4 Å². The van der Waals surface area contributed by atoms with E-state index < -0.39 is 17.7 Å². The molecule has 0 N–H and O–H groups in total. The highest BCUT2D eigenvalue weighted by molar-refractivity contribution is 5.86. The molecule has 1 aromatic carbocycles. The largest absolute Gasteiger partial charge is 0.488 e. The molecule has 7 nitrogen and oxygen atoms in total. The lowest BCUT2D eigenvalue weighted by molar-refractivity contribution is -0.135. The number of para-hydroxylation sites is 1. The predicted molar refractivity (Wildman–Crippen MR) is 123 cm³/mol. The topological polar surface area (TPSA) is 62.3 Å². The van der Waals surface area contributed by atoms with E-state index >= 15 is 0 Å². The van der Waals surface area contributed by atoms with Gasteiger partial charge >= 0.3 is 6.09 Å². The van der Waals surface area contributed by atoms with Gasteiger partial charge in [0.05, 0.1) is 6.54 Å². The third kappa shape index (κ3) is 5.55. The molecule has 1 saturated carbocycles. The van der Waals surface area contributed by atoms with Gasteiger partial charge in [-0.05, 0) is 52.2 Å². The van der Waals surface area contributed by atoms with Gasteiger partial charge in [0, 0.05) is 38.6 Å². The smallest absolute Gasteiger partial charge is 0.411 e. The van der Waals surface area contributed by atoms with Crippen molar-refractivity contribution in [2.75, 3.05) is 32.7 Å². The lowest BCUT2D eigenvalue weighted by Crippen LogP contribution is -2.50. The van der Waals surface area contributed by atoms with E-state index in [2.05, 4.69) is 4.90 Å². The van der Waals surface area contributed by atoms with Crippen LogP contribution in [0.4, 0.5) is 4.79 Å². The van der Waals surface area contributed by atoms with Crippen molar-refractivity contribution in [3.8, 4) is 5.75 Å². The minimum absolute atomic E-state index is 0.0190. The third-order valence-electron chi connectivity index (χ3n) is 6.65. The molecule has 2 saturated heterocycles. The molecule has 4 rings (SSSR count). The molecule has 1 aliphatic carbocycles. The van der Waals surface area contributed by atoms with Crippen molar-refractivity contribution >= 4 is 12.0 Å². The molecule has 176 valence electrons. The minimum Gasteiger partial charge on any atom is -0.488 e. The average Bonchev–Trinajstić information content (AvgIpc) is 2.97. The van der Waals surface area contributed by atoms with E-state index in [-0.39, 0.29) is 12.0 Å². The standard InChI is InChI=1S/C25H37N3O4/c1-25(2,3)32-24(30)28-18-21(31-20-11-5-4-6-12-20)17-22(28)23(29)27-14-8-13-26(15-16-27)19-9-7-10-19/h4-6,11-12,19,21-22H,7-10,13-18H2,1-3H3/t21-,22+/m1/s1. The summed E-state index contributed by atoms with van der Waals surface area (Å²) in [6.45, 7) is 9.32. The first kappa shape index (κ1) is 22.9. The number of hydrogen-bond donors (Lipinski definition) is 0. The number of amides is 2. The van der Waals surface area contributed by atoms with Crippen LogP contribution in [0.15, 0.2) is 30.3 Å². The van der Waals surface area contributed by atoms with Crippen LogP contribution in [0.25, 0.3) is 0 Å². The van der Waals surface area contributed by atoms with Gasteiger partial charge in [-0.25, -0.2) is 4.79 Å². The number of benzene rings is 1. The lowest BCUT2D eigenvalue weighted by atomic mass is 9.91. The average molecular weight is 444 g/mol. The molecule has 0 radical (unpaired) electrons.